The molecule has 1 unspecified atom stereocenters. The number of benzene rings is 1. The molecule has 0 spiro atoms. The van der Waals surface area contributed by atoms with E-state index in [0.29, 0.717) is 12.5 Å². The number of nitrogens with zero attached hydrogens (tertiary/aromatic N) is 5. The summed E-state index contributed by atoms with van der Waals surface area (Å²) >= 11 is 1.66. The van der Waals surface area contributed by atoms with Gasteiger partial charge in [0.1, 0.15) is 5.82 Å². The van der Waals surface area contributed by atoms with Crippen LogP contribution in [-0.4, -0.2) is 67.6 Å². The van der Waals surface area contributed by atoms with Crippen LogP contribution in [0.1, 0.15) is 11.6 Å². The van der Waals surface area contributed by atoms with E-state index in [9.17, 15) is 4.39 Å². The van der Waals surface area contributed by atoms with E-state index >= 15 is 0 Å². The second-order valence-electron chi connectivity index (χ2n) is 6.52. The molecule has 3 rings (SSSR count). The van der Waals surface area contributed by atoms with Gasteiger partial charge in [-0.05, 0) is 31.8 Å². The van der Waals surface area contributed by atoms with Crippen LogP contribution in [0, 0.1) is 5.82 Å². The van der Waals surface area contributed by atoms with E-state index in [2.05, 4.69) is 24.7 Å². The largest absolute Gasteiger partial charge is 0.370 e. The van der Waals surface area contributed by atoms with E-state index in [0.717, 1.165) is 36.9 Å². The van der Waals surface area contributed by atoms with Crippen molar-refractivity contribution < 1.29 is 4.39 Å². The zero-order valence-electron chi connectivity index (χ0n) is 15.6. The fourth-order valence-corrected chi connectivity index (χ4v) is 3.73. The maximum Gasteiger partial charge on any atom is 0.191 e. The summed E-state index contributed by atoms with van der Waals surface area (Å²) in [6.07, 6.45) is 1.83. The van der Waals surface area contributed by atoms with Crippen LogP contribution >= 0.6 is 35.3 Å². The van der Waals surface area contributed by atoms with E-state index in [1.807, 2.05) is 25.7 Å². The van der Waals surface area contributed by atoms with Crippen molar-refractivity contribution in [3.05, 3.63) is 47.2 Å². The Kier molecular flexibility index (Phi) is 8.24. The predicted octanol–water partition coefficient (Wildman–Crippen LogP) is 2.64. The number of hydrogen-bond donors (Lipinski definition) is 1. The fraction of sp³-hybridized carbons (Fsp3) is 0.444. The number of hydrogen-bond acceptors (Lipinski definition) is 5. The number of aliphatic imine (C=N–C) groups is 1. The third kappa shape index (κ3) is 5.76. The number of aromatic nitrogens is 1. The standard InChI is InChI=1S/C18H25FN6S.HI/c1-23(2)16(14-3-5-15(19)6-4-14)13-22-17(20)24-8-10-25(11-9-24)18-21-7-12-26-18;/h3-7,12,16H,8-11,13H2,1-2H3,(H2,20,22);1H. The molecule has 2 heterocycles. The van der Waals surface area contributed by atoms with Crippen molar-refractivity contribution in [3.8, 4) is 0 Å². The molecule has 1 aromatic carbocycles. The van der Waals surface area contributed by atoms with E-state index in [-0.39, 0.29) is 35.8 Å². The van der Waals surface area contributed by atoms with Gasteiger partial charge in [0.25, 0.3) is 0 Å². The van der Waals surface area contributed by atoms with Crippen LogP contribution in [-0.2, 0) is 0 Å². The Morgan fingerprint density at radius 1 is 1.26 bits per heavy atom. The topological polar surface area (TPSA) is 61.0 Å². The Morgan fingerprint density at radius 3 is 2.48 bits per heavy atom. The summed E-state index contributed by atoms with van der Waals surface area (Å²) in [5, 5.41) is 3.05. The van der Waals surface area contributed by atoms with Gasteiger partial charge in [0.05, 0.1) is 12.6 Å². The molecule has 0 radical (unpaired) electrons. The van der Waals surface area contributed by atoms with Gasteiger partial charge in [-0.3, -0.25) is 4.99 Å². The molecule has 1 aliphatic heterocycles. The van der Waals surface area contributed by atoms with Crippen LogP contribution in [0.15, 0.2) is 40.8 Å². The van der Waals surface area contributed by atoms with Gasteiger partial charge in [0, 0.05) is 37.8 Å². The molecule has 0 amide bonds. The molecule has 0 aliphatic carbocycles. The van der Waals surface area contributed by atoms with Crippen molar-refractivity contribution in [1.29, 1.82) is 0 Å². The SMILES string of the molecule is CN(C)C(CN=C(N)N1CCN(c2nccs2)CC1)c1ccc(F)cc1.I. The number of rotatable bonds is 5. The molecule has 1 saturated heterocycles. The van der Waals surface area contributed by atoms with Crippen LogP contribution in [0.4, 0.5) is 9.52 Å². The lowest BCUT2D eigenvalue weighted by Gasteiger charge is -2.35. The quantitative estimate of drug-likeness (QED) is 0.386. The summed E-state index contributed by atoms with van der Waals surface area (Å²) in [6.45, 7) is 3.98. The average Bonchev–Trinajstić information content (AvgIpc) is 3.18. The summed E-state index contributed by atoms with van der Waals surface area (Å²) in [7, 11) is 3.99. The molecule has 1 fully saturated rings. The van der Waals surface area contributed by atoms with E-state index < -0.39 is 0 Å². The Balaban J connectivity index is 0.00000261. The monoisotopic (exact) mass is 504 g/mol. The molecule has 9 heteroatoms. The molecule has 148 valence electrons. The van der Waals surface area contributed by atoms with Crippen molar-refractivity contribution >= 4 is 46.4 Å². The van der Waals surface area contributed by atoms with Crippen LogP contribution in [0.2, 0.25) is 0 Å². The summed E-state index contributed by atoms with van der Waals surface area (Å²) in [5.41, 5.74) is 7.26. The summed E-state index contributed by atoms with van der Waals surface area (Å²) < 4.78 is 13.2. The molecule has 0 saturated carbocycles. The molecule has 27 heavy (non-hydrogen) atoms. The van der Waals surface area contributed by atoms with Gasteiger partial charge in [-0.1, -0.05) is 12.1 Å². The van der Waals surface area contributed by atoms with Crippen molar-refractivity contribution in [2.45, 2.75) is 6.04 Å². The number of anilines is 1. The van der Waals surface area contributed by atoms with Gasteiger partial charge >= 0.3 is 0 Å². The third-order valence-electron chi connectivity index (χ3n) is 4.60. The lowest BCUT2D eigenvalue weighted by atomic mass is 10.1. The van der Waals surface area contributed by atoms with Crippen LogP contribution < -0.4 is 10.6 Å². The number of nitrogens with two attached hydrogens (primary N) is 1. The number of halogens is 2. The number of piperazine rings is 1. The zero-order chi connectivity index (χ0) is 18.5. The highest BCUT2D eigenvalue weighted by molar-refractivity contribution is 14.0. The lowest BCUT2D eigenvalue weighted by molar-refractivity contribution is 0.304. The van der Waals surface area contributed by atoms with Gasteiger partial charge < -0.3 is 20.4 Å². The first kappa shape index (κ1) is 21.8. The summed E-state index contributed by atoms with van der Waals surface area (Å²) in [6, 6.07) is 6.63. The highest BCUT2D eigenvalue weighted by atomic mass is 127. The highest BCUT2D eigenvalue weighted by Crippen LogP contribution is 2.20. The van der Waals surface area contributed by atoms with Crippen LogP contribution in [0.3, 0.4) is 0 Å². The van der Waals surface area contributed by atoms with Crippen molar-refractivity contribution in [1.82, 2.24) is 14.8 Å². The van der Waals surface area contributed by atoms with Gasteiger partial charge in [-0.25, -0.2) is 9.37 Å². The Hall–Kier alpha value is -1.46. The van der Waals surface area contributed by atoms with Gasteiger partial charge in [0.2, 0.25) is 0 Å². The minimum absolute atomic E-state index is 0. The average molecular weight is 504 g/mol. The minimum Gasteiger partial charge on any atom is -0.370 e. The molecular formula is C18H26FIN6S. The van der Waals surface area contributed by atoms with Crippen LogP contribution in [0.25, 0.3) is 0 Å². The normalized spacial score (nSPS) is 16.4. The molecule has 0 bridgehead atoms. The number of guanidine groups is 1. The lowest BCUT2D eigenvalue weighted by Crippen LogP contribution is -2.51. The van der Waals surface area contributed by atoms with Crippen molar-refractivity contribution in [2.24, 2.45) is 10.7 Å². The molecule has 1 aliphatic rings. The Morgan fingerprint density at radius 2 is 1.93 bits per heavy atom. The first-order valence-corrected chi connectivity index (χ1v) is 9.54. The number of likely N-dealkylation sites (N-methyl/N-ethyl adjacent to an activating group) is 1. The van der Waals surface area contributed by atoms with Crippen molar-refractivity contribution in [3.63, 3.8) is 0 Å². The minimum atomic E-state index is -0.229. The third-order valence-corrected chi connectivity index (χ3v) is 5.43. The van der Waals surface area contributed by atoms with E-state index in [4.69, 9.17) is 5.73 Å². The first-order valence-electron chi connectivity index (χ1n) is 8.66. The fourth-order valence-electron chi connectivity index (χ4n) is 3.03. The van der Waals surface area contributed by atoms with Gasteiger partial charge in [0.15, 0.2) is 11.1 Å². The van der Waals surface area contributed by atoms with Crippen LogP contribution in [0.5, 0.6) is 0 Å². The molecule has 6 nitrogen and oxygen atoms in total. The molecular weight excluding hydrogens is 478 g/mol. The first-order chi connectivity index (χ1) is 12.5. The van der Waals surface area contributed by atoms with Gasteiger partial charge in [-0.15, -0.1) is 35.3 Å². The number of thiazole rings is 1. The van der Waals surface area contributed by atoms with Gasteiger partial charge in [-0.2, -0.15) is 0 Å². The van der Waals surface area contributed by atoms with E-state index in [1.165, 1.54) is 12.1 Å². The summed E-state index contributed by atoms with van der Waals surface area (Å²) in [5.74, 6) is 0.338. The maximum absolute atomic E-state index is 13.2. The smallest absolute Gasteiger partial charge is 0.191 e. The predicted molar refractivity (Wildman–Crippen MR) is 121 cm³/mol. The Labute approximate surface area is 180 Å². The second kappa shape index (κ2) is 10.2. The maximum atomic E-state index is 13.2. The molecule has 1 atom stereocenters. The summed E-state index contributed by atoms with van der Waals surface area (Å²) in [4.78, 5) is 15.4. The molecule has 2 N–H and O–H groups in total. The second-order valence-corrected chi connectivity index (χ2v) is 7.39. The van der Waals surface area contributed by atoms with E-state index in [1.54, 1.807) is 23.5 Å². The zero-order valence-corrected chi connectivity index (χ0v) is 18.7. The molecule has 1 aromatic heterocycles. The van der Waals surface area contributed by atoms with Crippen molar-refractivity contribution in [2.75, 3.05) is 51.7 Å². The Bertz CT molecular complexity index is 714. The molecule has 2 aromatic rings. The highest BCUT2D eigenvalue weighted by Gasteiger charge is 2.20.